The highest BCUT2D eigenvalue weighted by Crippen LogP contribution is 2.55. The first kappa shape index (κ1) is 17.6. The lowest BCUT2D eigenvalue weighted by atomic mass is 9.53. The van der Waals surface area contributed by atoms with Crippen LogP contribution in [-0.2, 0) is 19.4 Å². The molecular formula is C19H27N3O4S. The average molecular weight is 394 g/mol. The summed E-state index contributed by atoms with van der Waals surface area (Å²) in [5, 5.41) is 8.92. The summed E-state index contributed by atoms with van der Waals surface area (Å²) in [4.78, 5) is 25.2. The molecule has 4 aliphatic carbocycles. The molecular weight excluding hydrogens is 366 g/mol. The van der Waals surface area contributed by atoms with Crippen molar-refractivity contribution in [1.82, 2.24) is 10.3 Å². The molecule has 0 radical (unpaired) electrons. The second-order valence-electron chi connectivity index (χ2n) is 9.49. The van der Waals surface area contributed by atoms with Crippen LogP contribution in [0.1, 0.15) is 57.8 Å². The van der Waals surface area contributed by atoms with Gasteiger partial charge >= 0.3 is 0 Å². The number of hydrogen-bond donors (Lipinski definition) is 1. The van der Waals surface area contributed by atoms with Gasteiger partial charge in [-0.25, -0.2) is 13.4 Å². The Labute approximate surface area is 159 Å². The number of amides is 2. The van der Waals surface area contributed by atoms with E-state index in [9.17, 15) is 18.0 Å². The van der Waals surface area contributed by atoms with Gasteiger partial charge in [-0.05, 0) is 62.7 Å². The molecule has 148 valence electrons. The Balaban J connectivity index is 1.32. The third-order valence-corrected chi connectivity index (χ3v) is 9.04. The van der Waals surface area contributed by atoms with Gasteiger partial charge in [-0.2, -0.15) is 5.10 Å². The zero-order valence-corrected chi connectivity index (χ0v) is 16.3. The number of sulfone groups is 1. The Morgan fingerprint density at radius 1 is 1.07 bits per heavy atom. The summed E-state index contributed by atoms with van der Waals surface area (Å²) in [6.45, 7) is 0. The molecule has 4 bridgehead atoms. The van der Waals surface area contributed by atoms with Crippen LogP contribution in [0.15, 0.2) is 5.10 Å². The molecule has 2 amide bonds. The lowest BCUT2D eigenvalue weighted by Crippen LogP contribution is -2.61. The van der Waals surface area contributed by atoms with Gasteiger partial charge in [0.05, 0.1) is 17.5 Å². The van der Waals surface area contributed by atoms with E-state index in [0.717, 1.165) is 37.0 Å². The fraction of sp³-hybridized carbons (Fsp3) is 0.842. The maximum Gasteiger partial charge on any atom is 0.267 e. The largest absolute Gasteiger partial charge is 0.345 e. The standard InChI is InChI=1S/C19H27N3O4S/c23-17-2-1-16(21-22(17)15-3-4-27(25,26)11-15)18(24)20-19-8-12-5-13(9-19)7-14(6-12)10-19/h12-15H,1-11H2,(H,20,24)/t12?,13?,14?,15-,19?/m1/s1. The van der Waals surface area contributed by atoms with Crippen LogP contribution in [-0.4, -0.2) is 54.0 Å². The summed E-state index contributed by atoms with van der Waals surface area (Å²) in [5.41, 5.74) is 0.298. The third kappa shape index (κ3) is 3.19. The van der Waals surface area contributed by atoms with Gasteiger partial charge in [-0.3, -0.25) is 9.59 Å². The molecule has 0 unspecified atom stereocenters. The van der Waals surface area contributed by atoms with Gasteiger partial charge in [0.15, 0.2) is 9.84 Å². The van der Waals surface area contributed by atoms with Crippen LogP contribution in [0.25, 0.3) is 0 Å². The van der Waals surface area contributed by atoms with Crippen molar-refractivity contribution < 1.29 is 18.0 Å². The molecule has 7 nitrogen and oxygen atoms in total. The topological polar surface area (TPSA) is 95.9 Å². The first-order valence-electron chi connectivity index (χ1n) is 10.2. The first-order chi connectivity index (χ1) is 12.8. The molecule has 6 aliphatic rings. The Kier molecular flexibility index (Phi) is 3.94. The molecule has 0 aromatic carbocycles. The van der Waals surface area contributed by atoms with Crippen molar-refractivity contribution >= 4 is 27.4 Å². The van der Waals surface area contributed by atoms with Crippen molar-refractivity contribution in [3.8, 4) is 0 Å². The van der Waals surface area contributed by atoms with Gasteiger partial charge in [-0.1, -0.05) is 0 Å². The molecule has 5 fully saturated rings. The predicted octanol–water partition coefficient (Wildman–Crippen LogP) is 1.24. The Hall–Kier alpha value is -1.44. The second-order valence-corrected chi connectivity index (χ2v) is 11.7. The smallest absolute Gasteiger partial charge is 0.267 e. The van der Waals surface area contributed by atoms with Gasteiger partial charge in [0, 0.05) is 18.4 Å². The summed E-state index contributed by atoms with van der Waals surface area (Å²) in [6, 6.07) is -0.426. The number of nitrogens with one attached hydrogen (secondary N) is 1. The quantitative estimate of drug-likeness (QED) is 0.780. The lowest BCUT2D eigenvalue weighted by Gasteiger charge is -2.56. The minimum absolute atomic E-state index is 0.0495. The van der Waals surface area contributed by atoms with Crippen LogP contribution in [0.5, 0.6) is 0 Å². The highest BCUT2D eigenvalue weighted by atomic mass is 32.2. The number of hydrogen-bond acceptors (Lipinski definition) is 5. The summed E-state index contributed by atoms with van der Waals surface area (Å²) < 4.78 is 23.5. The van der Waals surface area contributed by atoms with E-state index in [-0.39, 0.29) is 35.3 Å². The molecule has 0 aromatic rings. The molecule has 4 saturated carbocycles. The van der Waals surface area contributed by atoms with E-state index in [2.05, 4.69) is 10.4 Å². The van der Waals surface area contributed by atoms with Crippen molar-refractivity contribution in [3.05, 3.63) is 0 Å². The van der Waals surface area contributed by atoms with Crippen molar-refractivity contribution in [2.75, 3.05) is 11.5 Å². The normalized spacial score (nSPS) is 42.3. The van der Waals surface area contributed by atoms with Gasteiger partial charge in [0.1, 0.15) is 5.71 Å². The number of nitrogens with zero attached hydrogens (tertiary/aromatic N) is 2. The third-order valence-electron chi connectivity index (χ3n) is 7.29. The van der Waals surface area contributed by atoms with Crippen molar-refractivity contribution in [2.45, 2.75) is 69.4 Å². The molecule has 8 heteroatoms. The zero-order chi connectivity index (χ0) is 18.8. The molecule has 0 aromatic heterocycles. The highest BCUT2D eigenvalue weighted by molar-refractivity contribution is 7.91. The molecule has 2 aliphatic heterocycles. The molecule has 2 heterocycles. The fourth-order valence-electron chi connectivity index (χ4n) is 6.56. The van der Waals surface area contributed by atoms with Gasteiger partial charge in [-0.15, -0.1) is 0 Å². The van der Waals surface area contributed by atoms with Crippen LogP contribution in [0.4, 0.5) is 0 Å². The van der Waals surface area contributed by atoms with E-state index in [0.29, 0.717) is 18.6 Å². The van der Waals surface area contributed by atoms with Crippen LogP contribution in [0.2, 0.25) is 0 Å². The molecule has 1 atom stereocenters. The van der Waals surface area contributed by atoms with E-state index in [1.165, 1.54) is 24.3 Å². The second kappa shape index (κ2) is 6.03. The minimum Gasteiger partial charge on any atom is -0.345 e. The Morgan fingerprint density at radius 3 is 2.26 bits per heavy atom. The van der Waals surface area contributed by atoms with Crippen LogP contribution >= 0.6 is 0 Å². The van der Waals surface area contributed by atoms with E-state index < -0.39 is 15.9 Å². The van der Waals surface area contributed by atoms with Crippen molar-refractivity contribution in [3.63, 3.8) is 0 Å². The number of rotatable bonds is 3. The maximum atomic E-state index is 13.0. The van der Waals surface area contributed by atoms with Crippen molar-refractivity contribution in [1.29, 1.82) is 0 Å². The van der Waals surface area contributed by atoms with Crippen molar-refractivity contribution in [2.24, 2.45) is 22.9 Å². The zero-order valence-electron chi connectivity index (χ0n) is 15.5. The fourth-order valence-corrected chi connectivity index (χ4v) is 8.26. The molecule has 1 saturated heterocycles. The van der Waals surface area contributed by atoms with Crippen LogP contribution in [0, 0.1) is 17.8 Å². The minimum atomic E-state index is -3.11. The summed E-state index contributed by atoms with van der Waals surface area (Å²) in [5.74, 6) is 1.93. The van der Waals surface area contributed by atoms with Gasteiger partial charge in [0.2, 0.25) is 5.91 Å². The van der Waals surface area contributed by atoms with Crippen LogP contribution in [0.3, 0.4) is 0 Å². The van der Waals surface area contributed by atoms with Gasteiger partial charge < -0.3 is 5.32 Å². The number of hydrazone groups is 1. The van der Waals surface area contributed by atoms with E-state index >= 15 is 0 Å². The SMILES string of the molecule is O=C(NC12CC3CC(CC(C3)C1)C2)C1=NN([C@@H]2CCS(=O)(=O)C2)C(=O)CC1. The first-order valence-corrected chi connectivity index (χ1v) is 12.1. The maximum absolute atomic E-state index is 13.0. The molecule has 0 spiro atoms. The average Bonchev–Trinajstić information content (AvgIpc) is 2.93. The summed E-state index contributed by atoms with van der Waals surface area (Å²) >= 11 is 0. The van der Waals surface area contributed by atoms with E-state index in [1.54, 1.807) is 0 Å². The Morgan fingerprint density at radius 2 is 1.70 bits per heavy atom. The molecule has 6 rings (SSSR count). The predicted molar refractivity (Wildman–Crippen MR) is 99.6 cm³/mol. The van der Waals surface area contributed by atoms with Crippen LogP contribution < -0.4 is 5.32 Å². The lowest BCUT2D eigenvalue weighted by molar-refractivity contribution is -0.133. The molecule has 27 heavy (non-hydrogen) atoms. The number of carbonyl (C=O) groups is 2. The van der Waals surface area contributed by atoms with E-state index in [4.69, 9.17) is 0 Å². The van der Waals surface area contributed by atoms with Gasteiger partial charge in [0.25, 0.3) is 5.91 Å². The van der Waals surface area contributed by atoms with E-state index in [1.807, 2.05) is 0 Å². The highest BCUT2D eigenvalue weighted by Gasteiger charge is 2.52. The summed E-state index contributed by atoms with van der Waals surface area (Å²) in [7, 11) is -3.11. The monoisotopic (exact) mass is 393 g/mol. The summed E-state index contributed by atoms with van der Waals surface area (Å²) in [6.07, 6.45) is 8.13. The Bertz CT molecular complexity index is 784. The number of carbonyl (C=O) groups excluding carboxylic acids is 2. The molecule has 1 N–H and O–H groups in total.